The van der Waals surface area contributed by atoms with Crippen LogP contribution >= 0.6 is 0 Å². The number of nitrogens with zero attached hydrogens (tertiary/aromatic N) is 1. The van der Waals surface area contributed by atoms with Crippen LogP contribution in [0, 0.1) is 17.7 Å². The number of anilines is 1. The predicted octanol–water partition coefficient (Wildman–Crippen LogP) is 3.81. The lowest BCUT2D eigenvalue weighted by Gasteiger charge is -2.50. The fraction of sp³-hybridized carbons (Fsp3) is 0.647. The van der Waals surface area contributed by atoms with Crippen molar-refractivity contribution in [3.8, 4) is 0 Å². The SMILES string of the molecule is CCN(c1cccc(F)c1)C1(CN)CC(C)CC(C)C1. The van der Waals surface area contributed by atoms with Gasteiger partial charge in [0.25, 0.3) is 0 Å². The maximum Gasteiger partial charge on any atom is 0.125 e. The molecule has 2 N–H and O–H groups in total. The molecule has 1 aromatic carbocycles. The number of benzene rings is 1. The van der Waals surface area contributed by atoms with Crippen LogP contribution in [-0.4, -0.2) is 18.6 Å². The lowest BCUT2D eigenvalue weighted by Crippen LogP contribution is -2.57. The van der Waals surface area contributed by atoms with E-state index in [1.807, 2.05) is 6.07 Å². The van der Waals surface area contributed by atoms with Crippen LogP contribution in [0.5, 0.6) is 0 Å². The number of likely N-dealkylation sites (N-methyl/N-ethyl adjacent to an activating group) is 1. The Labute approximate surface area is 122 Å². The van der Waals surface area contributed by atoms with Gasteiger partial charge < -0.3 is 10.6 Å². The molecule has 2 atom stereocenters. The largest absolute Gasteiger partial charge is 0.365 e. The van der Waals surface area contributed by atoms with Gasteiger partial charge in [-0.15, -0.1) is 0 Å². The number of rotatable bonds is 4. The van der Waals surface area contributed by atoms with Crippen molar-refractivity contribution in [2.24, 2.45) is 17.6 Å². The van der Waals surface area contributed by atoms with Gasteiger partial charge in [0.05, 0.1) is 5.54 Å². The highest BCUT2D eigenvalue weighted by molar-refractivity contribution is 5.49. The molecule has 1 aliphatic carbocycles. The Bertz CT molecular complexity index is 436. The molecule has 1 saturated carbocycles. The topological polar surface area (TPSA) is 29.3 Å². The fourth-order valence-corrected chi connectivity index (χ4v) is 4.17. The normalized spacial score (nSPS) is 30.2. The summed E-state index contributed by atoms with van der Waals surface area (Å²) in [6.45, 7) is 8.23. The van der Waals surface area contributed by atoms with Crippen molar-refractivity contribution in [2.75, 3.05) is 18.0 Å². The molecule has 2 unspecified atom stereocenters. The molecule has 0 aromatic heterocycles. The van der Waals surface area contributed by atoms with E-state index in [1.165, 1.54) is 12.5 Å². The van der Waals surface area contributed by atoms with Crippen molar-refractivity contribution in [3.05, 3.63) is 30.1 Å². The molecule has 0 amide bonds. The second kappa shape index (κ2) is 6.13. The van der Waals surface area contributed by atoms with Crippen LogP contribution in [0.1, 0.15) is 40.0 Å². The highest BCUT2D eigenvalue weighted by Crippen LogP contribution is 2.41. The van der Waals surface area contributed by atoms with Crippen LogP contribution in [0.2, 0.25) is 0 Å². The lowest BCUT2D eigenvalue weighted by atomic mass is 9.70. The molecule has 1 aromatic rings. The Kier molecular flexibility index (Phi) is 4.69. The minimum atomic E-state index is -0.176. The van der Waals surface area contributed by atoms with Gasteiger partial charge in [-0.25, -0.2) is 4.39 Å². The first-order valence-corrected chi connectivity index (χ1v) is 7.74. The molecule has 0 saturated heterocycles. The Morgan fingerprint density at radius 2 is 1.95 bits per heavy atom. The van der Waals surface area contributed by atoms with E-state index in [0.29, 0.717) is 18.4 Å². The van der Waals surface area contributed by atoms with Crippen molar-refractivity contribution in [3.63, 3.8) is 0 Å². The third-order valence-corrected chi connectivity index (χ3v) is 4.65. The molecule has 20 heavy (non-hydrogen) atoms. The predicted molar refractivity (Wildman–Crippen MR) is 83.4 cm³/mol. The maximum absolute atomic E-state index is 13.6. The van der Waals surface area contributed by atoms with Gasteiger partial charge in [0.15, 0.2) is 0 Å². The average Bonchev–Trinajstić information content (AvgIpc) is 2.38. The maximum atomic E-state index is 13.6. The van der Waals surface area contributed by atoms with Crippen molar-refractivity contribution in [2.45, 2.75) is 45.6 Å². The molecular weight excluding hydrogens is 251 g/mol. The van der Waals surface area contributed by atoms with Crippen LogP contribution in [0.25, 0.3) is 0 Å². The van der Waals surface area contributed by atoms with Gasteiger partial charge in [0.1, 0.15) is 5.82 Å². The van der Waals surface area contributed by atoms with Crippen LogP contribution in [0.4, 0.5) is 10.1 Å². The summed E-state index contributed by atoms with van der Waals surface area (Å²) in [5.74, 6) is 1.17. The minimum Gasteiger partial charge on any atom is -0.365 e. The Morgan fingerprint density at radius 1 is 1.30 bits per heavy atom. The monoisotopic (exact) mass is 278 g/mol. The summed E-state index contributed by atoms with van der Waals surface area (Å²) in [5.41, 5.74) is 7.11. The standard InChI is InChI=1S/C17H27FN2/c1-4-20(16-7-5-6-15(18)9-16)17(12-19)10-13(2)8-14(3)11-17/h5-7,9,13-14H,4,8,10-12,19H2,1-3H3. The van der Waals surface area contributed by atoms with Crippen LogP contribution in [0.15, 0.2) is 24.3 Å². The first kappa shape index (κ1) is 15.3. The molecule has 2 nitrogen and oxygen atoms in total. The van der Waals surface area contributed by atoms with E-state index in [-0.39, 0.29) is 11.4 Å². The second-order valence-electron chi connectivity index (χ2n) is 6.51. The van der Waals surface area contributed by atoms with Crippen molar-refractivity contribution < 1.29 is 4.39 Å². The molecule has 1 aliphatic rings. The molecule has 0 radical (unpaired) electrons. The highest BCUT2D eigenvalue weighted by Gasteiger charge is 2.41. The zero-order chi connectivity index (χ0) is 14.8. The Balaban J connectivity index is 2.36. The third-order valence-electron chi connectivity index (χ3n) is 4.65. The summed E-state index contributed by atoms with van der Waals surface area (Å²) in [5, 5.41) is 0. The van der Waals surface area contributed by atoms with Crippen molar-refractivity contribution >= 4 is 5.69 Å². The van der Waals surface area contributed by atoms with Crippen LogP contribution < -0.4 is 10.6 Å². The average molecular weight is 278 g/mol. The van der Waals surface area contributed by atoms with E-state index in [4.69, 9.17) is 5.73 Å². The molecule has 0 bridgehead atoms. The van der Waals surface area contributed by atoms with Crippen LogP contribution in [-0.2, 0) is 0 Å². The number of halogens is 1. The number of nitrogens with two attached hydrogens (primary N) is 1. The first-order valence-electron chi connectivity index (χ1n) is 7.74. The zero-order valence-corrected chi connectivity index (χ0v) is 12.9. The van der Waals surface area contributed by atoms with Gasteiger partial charge in [-0.3, -0.25) is 0 Å². The van der Waals surface area contributed by atoms with Gasteiger partial charge in [-0.1, -0.05) is 19.9 Å². The van der Waals surface area contributed by atoms with Crippen molar-refractivity contribution in [1.82, 2.24) is 0 Å². The quantitative estimate of drug-likeness (QED) is 0.907. The molecule has 3 heteroatoms. The van der Waals surface area contributed by atoms with Gasteiger partial charge in [0, 0.05) is 18.8 Å². The van der Waals surface area contributed by atoms with E-state index >= 15 is 0 Å². The second-order valence-corrected chi connectivity index (χ2v) is 6.51. The first-order chi connectivity index (χ1) is 9.50. The minimum absolute atomic E-state index is 0.0281. The van der Waals surface area contributed by atoms with Crippen LogP contribution in [0.3, 0.4) is 0 Å². The van der Waals surface area contributed by atoms with Gasteiger partial charge in [-0.05, 0) is 56.2 Å². The summed E-state index contributed by atoms with van der Waals surface area (Å²) < 4.78 is 13.6. The molecule has 0 spiro atoms. The molecule has 2 rings (SSSR count). The van der Waals surface area contributed by atoms with Gasteiger partial charge in [0.2, 0.25) is 0 Å². The molecule has 1 fully saturated rings. The van der Waals surface area contributed by atoms with Gasteiger partial charge in [-0.2, -0.15) is 0 Å². The molecule has 112 valence electrons. The summed E-state index contributed by atoms with van der Waals surface area (Å²) in [7, 11) is 0. The zero-order valence-electron chi connectivity index (χ0n) is 12.9. The number of hydrogen-bond acceptors (Lipinski definition) is 2. The Morgan fingerprint density at radius 3 is 2.45 bits per heavy atom. The van der Waals surface area contributed by atoms with E-state index in [0.717, 1.165) is 25.1 Å². The number of hydrogen-bond donors (Lipinski definition) is 1. The Hall–Kier alpha value is -1.09. The smallest absolute Gasteiger partial charge is 0.125 e. The van der Waals surface area contributed by atoms with E-state index < -0.39 is 0 Å². The van der Waals surface area contributed by atoms with E-state index in [9.17, 15) is 4.39 Å². The summed E-state index contributed by atoms with van der Waals surface area (Å²) >= 11 is 0. The molecule has 0 heterocycles. The van der Waals surface area contributed by atoms with E-state index in [2.05, 4.69) is 25.7 Å². The molecule has 0 aliphatic heterocycles. The third kappa shape index (κ3) is 2.98. The highest BCUT2D eigenvalue weighted by atomic mass is 19.1. The summed E-state index contributed by atoms with van der Waals surface area (Å²) in [4.78, 5) is 2.32. The van der Waals surface area contributed by atoms with Gasteiger partial charge >= 0.3 is 0 Å². The summed E-state index contributed by atoms with van der Waals surface area (Å²) in [6, 6.07) is 6.91. The lowest BCUT2D eigenvalue weighted by molar-refractivity contribution is 0.178. The summed E-state index contributed by atoms with van der Waals surface area (Å²) in [6.07, 6.45) is 3.46. The molecular formula is C17H27FN2. The van der Waals surface area contributed by atoms with E-state index in [1.54, 1.807) is 12.1 Å². The fourth-order valence-electron chi connectivity index (χ4n) is 4.17. The van der Waals surface area contributed by atoms with Crippen molar-refractivity contribution in [1.29, 1.82) is 0 Å².